The molecule has 0 spiro atoms. The van der Waals surface area contributed by atoms with Gasteiger partial charge in [-0.05, 0) is 32.6 Å². The highest BCUT2D eigenvalue weighted by Crippen LogP contribution is 2.21. The summed E-state index contributed by atoms with van der Waals surface area (Å²) in [6, 6.07) is 8.09. The summed E-state index contributed by atoms with van der Waals surface area (Å²) in [6.45, 7) is 4.84. The summed E-state index contributed by atoms with van der Waals surface area (Å²) in [5.41, 5.74) is 0.966. The normalized spacial score (nSPS) is 11.0. The second-order valence-electron chi connectivity index (χ2n) is 5.07. The Hall–Kier alpha value is -1.88. The van der Waals surface area contributed by atoms with Gasteiger partial charge in [0, 0.05) is 25.0 Å². The average Bonchev–Trinajstić information content (AvgIpc) is 2.44. The third-order valence-corrected chi connectivity index (χ3v) is 2.99. The Morgan fingerprint density at radius 3 is 2.60 bits per heavy atom. The van der Waals surface area contributed by atoms with Crippen LogP contribution in [0.15, 0.2) is 24.3 Å². The van der Waals surface area contributed by atoms with Crippen LogP contribution in [0.4, 0.5) is 11.8 Å². The van der Waals surface area contributed by atoms with Crippen LogP contribution in [-0.2, 0) is 0 Å². The van der Waals surface area contributed by atoms with E-state index in [-0.39, 0.29) is 0 Å². The molecule has 0 amide bonds. The second-order valence-corrected chi connectivity index (χ2v) is 5.07. The Morgan fingerprint density at radius 2 is 1.85 bits per heavy atom. The lowest BCUT2D eigenvalue weighted by atomic mass is 10.2. The zero-order valence-electron chi connectivity index (χ0n) is 12.5. The lowest BCUT2D eigenvalue weighted by molar-refractivity contribution is 0.425. The standard InChI is InChI=1S/C15H23N5/c1-4-9-17-15-18-13-8-6-5-7-12(13)14(19-15)16-10-11-20(2)3/h5-8H,4,9-11H2,1-3H3,(H2,16,17,18,19). The van der Waals surface area contributed by atoms with Gasteiger partial charge in [0.2, 0.25) is 5.95 Å². The van der Waals surface area contributed by atoms with Crippen molar-refractivity contribution < 1.29 is 0 Å². The van der Waals surface area contributed by atoms with E-state index in [1.165, 1.54) is 0 Å². The van der Waals surface area contributed by atoms with Gasteiger partial charge >= 0.3 is 0 Å². The maximum absolute atomic E-state index is 4.58. The van der Waals surface area contributed by atoms with Crippen LogP contribution in [0.5, 0.6) is 0 Å². The number of hydrogen-bond donors (Lipinski definition) is 2. The van der Waals surface area contributed by atoms with Crippen LogP contribution in [0.2, 0.25) is 0 Å². The highest BCUT2D eigenvalue weighted by Gasteiger charge is 2.06. The van der Waals surface area contributed by atoms with Crippen molar-refractivity contribution in [1.82, 2.24) is 14.9 Å². The van der Waals surface area contributed by atoms with Crippen LogP contribution in [0, 0.1) is 0 Å². The molecule has 5 nitrogen and oxygen atoms in total. The van der Waals surface area contributed by atoms with Crippen LogP contribution in [0.1, 0.15) is 13.3 Å². The Bertz CT molecular complexity index is 553. The SMILES string of the molecule is CCCNc1nc(NCCN(C)C)c2ccccc2n1. The molecule has 0 saturated carbocycles. The summed E-state index contributed by atoms with van der Waals surface area (Å²) in [5, 5.41) is 7.72. The number of rotatable bonds is 7. The van der Waals surface area contributed by atoms with Gasteiger partial charge < -0.3 is 15.5 Å². The summed E-state index contributed by atoms with van der Waals surface area (Å²) in [4.78, 5) is 11.3. The highest BCUT2D eigenvalue weighted by atomic mass is 15.2. The Labute approximate surface area is 120 Å². The predicted molar refractivity (Wildman–Crippen MR) is 85.4 cm³/mol. The zero-order valence-corrected chi connectivity index (χ0v) is 12.5. The topological polar surface area (TPSA) is 53.1 Å². The van der Waals surface area contributed by atoms with E-state index in [9.17, 15) is 0 Å². The lowest BCUT2D eigenvalue weighted by Crippen LogP contribution is -2.21. The molecule has 20 heavy (non-hydrogen) atoms. The smallest absolute Gasteiger partial charge is 0.225 e. The van der Waals surface area contributed by atoms with E-state index in [2.05, 4.69) is 52.6 Å². The molecule has 0 saturated heterocycles. The van der Waals surface area contributed by atoms with Gasteiger partial charge in [0.05, 0.1) is 5.52 Å². The number of para-hydroxylation sites is 1. The van der Waals surface area contributed by atoms with Gasteiger partial charge in [0.25, 0.3) is 0 Å². The monoisotopic (exact) mass is 273 g/mol. The van der Waals surface area contributed by atoms with Gasteiger partial charge in [0.1, 0.15) is 5.82 Å². The molecular formula is C15H23N5. The second kappa shape index (κ2) is 7.05. The Morgan fingerprint density at radius 1 is 1.05 bits per heavy atom. The first kappa shape index (κ1) is 14.5. The molecule has 1 aromatic heterocycles. The summed E-state index contributed by atoms with van der Waals surface area (Å²) < 4.78 is 0. The van der Waals surface area contributed by atoms with E-state index >= 15 is 0 Å². The summed E-state index contributed by atoms with van der Waals surface area (Å²) in [5.74, 6) is 1.59. The molecule has 0 aliphatic heterocycles. The number of likely N-dealkylation sites (N-methyl/N-ethyl adjacent to an activating group) is 1. The van der Waals surface area contributed by atoms with Crippen molar-refractivity contribution in [3.63, 3.8) is 0 Å². The molecule has 0 aliphatic carbocycles. The Kier molecular flexibility index (Phi) is 5.12. The number of hydrogen-bond acceptors (Lipinski definition) is 5. The maximum atomic E-state index is 4.58. The number of benzene rings is 1. The zero-order chi connectivity index (χ0) is 14.4. The maximum Gasteiger partial charge on any atom is 0.225 e. The summed E-state index contributed by atoms with van der Waals surface area (Å²) in [6.07, 6.45) is 1.06. The molecule has 1 aromatic carbocycles. The quantitative estimate of drug-likeness (QED) is 0.811. The van der Waals surface area contributed by atoms with Crippen molar-refractivity contribution in [3.8, 4) is 0 Å². The molecule has 108 valence electrons. The third-order valence-electron chi connectivity index (χ3n) is 2.99. The fraction of sp³-hybridized carbons (Fsp3) is 0.467. The van der Waals surface area contributed by atoms with Crippen molar-refractivity contribution in [2.24, 2.45) is 0 Å². The minimum absolute atomic E-state index is 0.693. The van der Waals surface area contributed by atoms with Gasteiger partial charge in [-0.25, -0.2) is 4.98 Å². The molecule has 0 fully saturated rings. The number of fused-ring (bicyclic) bond motifs is 1. The van der Waals surface area contributed by atoms with E-state index < -0.39 is 0 Å². The largest absolute Gasteiger partial charge is 0.368 e. The summed E-state index contributed by atoms with van der Waals surface area (Å²) >= 11 is 0. The number of nitrogens with one attached hydrogen (secondary N) is 2. The number of anilines is 2. The first-order chi connectivity index (χ1) is 9.70. The minimum Gasteiger partial charge on any atom is -0.368 e. The van der Waals surface area contributed by atoms with Crippen LogP contribution < -0.4 is 10.6 Å². The minimum atomic E-state index is 0.693. The van der Waals surface area contributed by atoms with Crippen LogP contribution >= 0.6 is 0 Å². The van der Waals surface area contributed by atoms with Crippen molar-refractivity contribution >= 4 is 22.7 Å². The van der Waals surface area contributed by atoms with E-state index in [0.717, 1.165) is 42.8 Å². The molecule has 2 N–H and O–H groups in total. The Balaban J connectivity index is 2.24. The molecule has 0 atom stereocenters. The molecule has 2 aromatic rings. The fourth-order valence-corrected chi connectivity index (χ4v) is 1.93. The fourth-order valence-electron chi connectivity index (χ4n) is 1.93. The molecule has 2 rings (SSSR count). The van der Waals surface area contributed by atoms with Gasteiger partial charge in [0.15, 0.2) is 0 Å². The van der Waals surface area contributed by atoms with E-state index in [1.54, 1.807) is 0 Å². The van der Waals surface area contributed by atoms with Gasteiger partial charge in [-0.1, -0.05) is 19.1 Å². The molecule has 5 heteroatoms. The molecule has 0 unspecified atom stereocenters. The lowest BCUT2D eigenvalue weighted by Gasteiger charge is -2.13. The van der Waals surface area contributed by atoms with Crippen molar-refractivity contribution in [2.75, 3.05) is 44.4 Å². The van der Waals surface area contributed by atoms with Gasteiger partial charge in [-0.15, -0.1) is 0 Å². The number of nitrogens with zero attached hydrogens (tertiary/aromatic N) is 3. The number of aromatic nitrogens is 2. The predicted octanol–water partition coefficient (Wildman–Crippen LogP) is 2.43. The third kappa shape index (κ3) is 3.81. The van der Waals surface area contributed by atoms with Crippen LogP contribution in [0.25, 0.3) is 10.9 Å². The van der Waals surface area contributed by atoms with Gasteiger partial charge in [-0.2, -0.15) is 4.98 Å². The average molecular weight is 273 g/mol. The first-order valence-electron chi connectivity index (χ1n) is 7.10. The van der Waals surface area contributed by atoms with E-state index in [1.807, 2.05) is 18.2 Å². The molecule has 0 bridgehead atoms. The van der Waals surface area contributed by atoms with Crippen LogP contribution in [0.3, 0.4) is 0 Å². The van der Waals surface area contributed by atoms with Crippen molar-refractivity contribution in [1.29, 1.82) is 0 Å². The summed E-state index contributed by atoms with van der Waals surface area (Å²) in [7, 11) is 4.13. The molecule has 0 aliphatic rings. The highest BCUT2D eigenvalue weighted by molar-refractivity contribution is 5.89. The van der Waals surface area contributed by atoms with Gasteiger partial charge in [-0.3, -0.25) is 0 Å². The van der Waals surface area contributed by atoms with Crippen molar-refractivity contribution in [3.05, 3.63) is 24.3 Å². The molecular weight excluding hydrogens is 250 g/mol. The van der Waals surface area contributed by atoms with E-state index in [4.69, 9.17) is 0 Å². The molecule has 1 heterocycles. The first-order valence-corrected chi connectivity index (χ1v) is 7.10. The van der Waals surface area contributed by atoms with Crippen LogP contribution in [-0.4, -0.2) is 48.6 Å². The van der Waals surface area contributed by atoms with Crippen molar-refractivity contribution in [2.45, 2.75) is 13.3 Å². The molecule has 0 radical (unpaired) electrons. The van der Waals surface area contributed by atoms with E-state index in [0.29, 0.717) is 5.95 Å².